The first-order chi connectivity index (χ1) is 14.4. The van der Waals surface area contributed by atoms with Crippen molar-refractivity contribution >= 4 is 35.8 Å². The number of piperidine rings is 1. The van der Waals surface area contributed by atoms with Gasteiger partial charge in [-0.25, -0.2) is 4.99 Å². The third-order valence-corrected chi connectivity index (χ3v) is 5.02. The van der Waals surface area contributed by atoms with Crippen LogP contribution >= 0.6 is 24.0 Å². The highest BCUT2D eigenvalue weighted by atomic mass is 127. The van der Waals surface area contributed by atoms with E-state index in [-0.39, 0.29) is 36.0 Å². The van der Waals surface area contributed by atoms with Crippen LogP contribution in [0.1, 0.15) is 26.7 Å². The van der Waals surface area contributed by atoms with Gasteiger partial charge in [-0.2, -0.15) is 0 Å². The number of carbonyl (C=O) groups is 1. The predicted octanol–water partition coefficient (Wildman–Crippen LogP) is 2.19. The fourth-order valence-corrected chi connectivity index (χ4v) is 3.25. The van der Waals surface area contributed by atoms with Gasteiger partial charge >= 0.3 is 0 Å². The molecule has 0 bridgehead atoms. The number of nitrogens with zero attached hydrogens (tertiary/aromatic N) is 3. The number of amides is 1. The Morgan fingerprint density at radius 1 is 1.29 bits per heavy atom. The molecule has 0 saturated carbocycles. The van der Waals surface area contributed by atoms with E-state index in [1.165, 1.54) is 0 Å². The van der Waals surface area contributed by atoms with Crippen molar-refractivity contribution in [2.45, 2.75) is 38.8 Å². The van der Waals surface area contributed by atoms with Gasteiger partial charge in [-0.05, 0) is 38.8 Å². The molecule has 1 heterocycles. The van der Waals surface area contributed by atoms with Crippen LogP contribution in [-0.4, -0.2) is 87.7 Å². The zero-order chi connectivity index (χ0) is 21.9. The van der Waals surface area contributed by atoms with Crippen molar-refractivity contribution in [2.24, 2.45) is 4.99 Å². The molecule has 1 saturated heterocycles. The van der Waals surface area contributed by atoms with Gasteiger partial charge in [0.25, 0.3) is 0 Å². The summed E-state index contributed by atoms with van der Waals surface area (Å²) in [6.07, 6.45) is 1.91. The number of hydrogen-bond donors (Lipinski definition) is 2. The van der Waals surface area contributed by atoms with Crippen LogP contribution in [0.5, 0.6) is 11.5 Å². The van der Waals surface area contributed by atoms with Crippen LogP contribution in [0.4, 0.5) is 0 Å². The molecule has 9 heteroatoms. The molecule has 1 amide bonds. The Kier molecular flexibility index (Phi) is 12.6. The maximum atomic E-state index is 11.9. The molecule has 1 aliphatic heterocycles. The van der Waals surface area contributed by atoms with E-state index in [2.05, 4.69) is 22.5 Å². The average Bonchev–Trinajstić information content (AvgIpc) is 2.73. The molecule has 8 nitrogen and oxygen atoms in total. The van der Waals surface area contributed by atoms with Crippen molar-refractivity contribution in [3.05, 3.63) is 24.3 Å². The van der Waals surface area contributed by atoms with Gasteiger partial charge in [-0.1, -0.05) is 6.07 Å². The molecule has 1 atom stereocenters. The van der Waals surface area contributed by atoms with Gasteiger partial charge in [-0.15, -0.1) is 24.0 Å². The summed E-state index contributed by atoms with van der Waals surface area (Å²) >= 11 is 0. The number of benzene rings is 1. The number of methoxy groups -OCH3 is 1. The van der Waals surface area contributed by atoms with E-state index in [1.54, 1.807) is 26.1 Å². The number of guanidine groups is 1. The average molecular weight is 547 g/mol. The SMILES string of the molecule is CCNC(=NCC(C)Oc1cccc(OC)c1)NC1CCN(CC(=O)N(C)C)CC1.I. The van der Waals surface area contributed by atoms with Gasteiger partial charge in [0.1, 0.15) is 17.6 Å². The number of carbonyl (C=O) groups excluding carboxylic acids is 1. The molecule has 0 spiro atoms. The van der Waals surface area contributed by atoms with Crippen LogP contribution in [-0.2, 0) is 4.79 Å². The first-order valence-electron chi connectivity index (χ1n) is 10.7. The van der Waals surface area contributed by atoms with Crippen LogP contribution in [0.25, 0.3) is 0 Å². The molecule has 1 aromatic carbocycles. The molecule has 176 valence electrons. The number of nitrogens with one attached hydrogen (secondary N) is 2. The highest BCUT2D eigenvalue weighted by Crippen LogP contribution is 2.20. The quantitative estimate of drug-likeness (QED) is 0.281. The monoisotopic (exact) mass is 547 g/mol. The normalized spacial score (nSPS) is 16.1. The molecule has 0 radical (unpaired) electrons. The lowest BCUT2D eigenvalue weighted by molar-refractivity contribution is -0.130. The van der Waals surface area contributed by atoms with Crippen molar-refractivity contribution in [3.63, 3.8) is 0 Å². The summed E-state index contributed by atoms with van der Waals surface area (Å²) in [5, 5.41) is 6.85. The van der Waals surface area contributed by atoms with Crippen LogP contribution in [0, 0.1) is 0 Å². The highest BCUT2D eigenvalue weighted by molar-refractivity contribution is 14.0. The van der Waals surface area contributed by atoms with Crippen LogP contribution in [0.3, 0.4) is 0 Å². The molecular weight excluding hydrogens is 509 g/mol. The Bertz CT molecular complexity index is 693. The molecule has 1 aromatic rings. The van der Waals surface area contributed by atoms with Gasteiger partial charge < -0.3 is 25.0 Å². The maximum absolute atomic E-state index is 11.9. The molecule has 31 heavy (non-hydrogen) atoms. The Morgan fingerprint density at radius 3 is 2.58 bits per heavy atom. The minimum atomic E-state index is -0.0635. The van der Waals surface area contributed by atoms with Gasteiger partial charge in [0, 0.05) is 45.8 Å². The molecule has 0 aromatic heterocycles. The third kappa shape index (κ3) is 9.94. The van der Waals surface area contributed by atoms with E-state index in [4.69, 9.17) is 14.5 Å². The molecule has 2 N–H and O–H groups in total. The summed E-state index contributed by atoms with van der Waals surface area (Å²) in [6.45, 7) is 7.72. The van der Waals surface area contributed by atoms with Gasteiger partial charge in [-0.3, -0.25) is 9.69 Å². The lowest BCUT2D eigenvalue weighted by atomic mass is 10.1. The van der Waals surface area contributed by atoms with E-state index in [0.717, 1.165) is 49.9 Å². The summed E-state index contributed by atoms with van der Waals surface area (Å²) < 4.78 is 11.2. The summed E-state index contributed by atoms with van der Waals surface area (Å²) in [4.78, 5) is 20.5. The molecular formula is C22H38IN5O3. The maximum Gasteiger partial charge on any atom is 0.236 e. The van der Waals surface area contributed by atoms with Crippen molar-refractivity contribution in [1.82, 2.24) is 20.4 Å². The summed E-state index contributed by atoms with van der Waals surface area (Å²) in [5.74, 6) is 2.51. The lowest BCUT2D eigenvalue weighted by Gasteiger charge is -2.33. The van der Waals surface area contributed by atoms with Crippen LogP contribution < -0.4 is 20.1 Å². The first kappa shape index (κ1) is 27.3. The number of likely N-dealkylation sites (tertiary alicyclic amines) is 1. The van der Waals surface area contributed by atoms with E-state index in [0.29, 0.717) is 19.1 Å². The van der Waals surface area contributed by atoms with Crippen LogP contribution in [0.2, 0.25) is 0 Å². The molecule has 1 aliphatic rings. The highest BCUT2D eigenvalue weighted by Gasteiger charge is 2.22. The Morgan fingerprint density at radius 2 is 1.97 bits per heavy atom. The number of aliphatic imine (C=N–C) groups is 1. The number of hydrogen-bond acceptors (Lipinski definition) is 5. The van der Waals surface area contributed by atoms with E-state index < -0.39 is 0 Å². The minimum absolute atomic E-state index is 0. The van der Waals surface area contributed by atoms with E-state index in [9.17, 15) is 4.79 Å². The zero-order valence-corrected chi connectivity index (χ0v) is 21.7. The number of rotatable bonds is 9. The molecule has 1 fully saturated rings. The number of ether oxygens (including phenoxy) is 2. The summed E-state index contributed by atoms with van der Waals surface area (Å²) in [7, 11) is 5.25. The first-order valence-corrected chi connectivity index (χ1v) is 10.7. The fourth-order valence-electron chi connectivity index (χ4n) is 3.25. The lowest BCUT2D eigenvalue weighted by Crippen LogP contribution is -2.50. The summed E-state index contributed by atoms with van der Waals surface area (Å²) in [6, 6.07) is 7.95. The van der Waals surface area contributed by atoms with E-state index >= 15 is 0 Å². The topological polar surface area (TPSA) is 78.4 Å². The minimum Gasteiger partial charge on any atom is -0.497 e. The van der Waals surface area contributed by atoms with Crippen molar-refractivity contribution in [2.75, 3.05) is 53.9 Å². The second-order valence-electron chi connectivity index (χ2n) is 7.81. The Hall–Kier alpha value is -1.75. The zero-order valence-electron chi connectivity index (χ0n) is 19.4. The molecule has 1 unspecified atom stereocenters. The van der Waals surface area contributed by atoms with Crippen molar-refractivity contribution < 1.29 is 14.3 Å². The van der Waals surface area contributed by atoms with Crippen molar-refractivity contribution in [1.29, 1.82) is 0 Å². The Balaban J connectivity index is 0.00000480. The Labute approximate surface area is 203 Å². The fraction of sp³-hybridized carbons (Fsp3) is 0.636. The molecule has 0 aliphatic carbocycles. The number of likely N-dealkylation sites (N-methyl/N-ethyl adjacent to an activating group) is 1. The second kappa shape index (κ2) is 14.3. The largest absolute Gasteiger partial charge is 0.497 e. The van der Waals surface area contributed by atoms with Gasteiger partial charge in [0.15, 0.2) is 5.96 Å². The van der Waals surface area contributed by atoms with Gasteiger partial charge in [0.2, 0.25) is 5.91 Å². The second-order valence-corrected chi connectivity index (χ2v) is 7.81. The third-order valence-electron chi connectivity index (χ3n) is 5.02. The standard InChI is InChI=1S/C22H37N5O3.HI/c1-6-23-22(24-15-17(2)30-20-9-7-8-19(14-20)29-5)25-18-10-12-27(13-11-18)16-21(28)26(3)4;/h7-9,14,17-18H,6,10-13,15-16H2,1-5H3,(H2,23,24,25);1H. The van der Waals surface area contributed by atoms with Crippen LogP contribution in [0.15, 0.2) is 29.3 Å². The van der Waals surface area contributed by atoms with Gasteiger partial charge in [0.05, 0.1) is 20.2 Å². The van der Waals surface area contributed by atoms with E-state index in [1.807, 2.05) is 31.2 Å². The summed E-state index contributed by atoms with van der Waals surface area (Å²) in [5.41, 5.74) is 0. The number of halogens is 1. The van der Waals surface area contributed by atoms with Crippen molar-refractivity contribution in [3.8, 4) is 11.5 Å². The predicted molar refractivity (Wildman–Crippen MR) is 136 cm³/mol. The smallest absolute Gasteiger partial charge is 0.236 e. The molecule has 2 rings (SSSR count).